The molecule has 2 aromatic heterocycles. The summed E-state index contributed by atoms with van der Waals surface area (Å²) in [6.45, 7) is 8.59. The van der Waals surface area contributed by atoms with E-state index in [2.05, 4.69) is 64.1 Å². The Labute approximate surface area is 167 Å². The fraction of sp³-hybridized carbons (Fsp3) is 0.217. The zero-order valence-corrected chi connectivity index (χ0v) is 17.5. The monoisotopic (exact) mass is 388 g/mol. The number of fused-ring (bicyclic) bond motifs is 3. The molecule has 4 aromatic rings. The number of rotatable bonds is 2. The van der Waals surface area contributed by atoms with Crippen molar-refractivity contribution < 1.29 is 0 Å². The zero-order valence-electron chi connectivity index (χ0n) is 15.8. The molecule has 1 aliphatic carbocycles. The van der Waals surface area contributed by atoms with E-state index in [4.69, 9.17) is 9.97 Å². The highest BCUT2D eigenvalue weighted by Crippen LogP contribution is 2.57. The smallest absolute Gasteiger partial charge is 0.125 e. The van der Waals surface area contributed by atoms with Gasteiger partial charge in [-0.15, -0.1) is 22.7 Å². The normalized spacial score (nSPS) is 14.2. The molecule has 0 saturated carbocycles. The molecular weight excluding hydrogens is 368 g/mol. The molecule has 2 heterocycles. The van der Waals surface area contributed by atoms with Crippen LogP contribution in [0.5, 0.6) is 0 Å². The predicted molar refractivity (Wildman–Crippen MR) is 114 cm³/mol. The second kappa shape index (κ2) is 5.85. The maximum absolute atomic E-state index is 4.90. The van der Waals surface area contributed by atoms with E-state index in [1.165, 1.54) is 43.1 Å². The first-order chi connectivity index (χ1) is 13.0. The van der Waals surface area contributed by atoms with Gasteiger partial charge in [0.25, 0.3) is 0 Å². The Kier molecular flexibility index (Phi) is 3.65. The molecule has 0 saturated heterocycles. The molecule has 0 fully saturated rings. The maximum atomic E-state index is 4.90. The molecule has 4 heteroatoms. The molecule has 0 radical (unpaired) electrons. The van der Waals surface area contributed by atoms with Crippen molar-refractivity contribution >= 4 is 22.7 Å². The van der Waals surface area contributed by atoms with Crippen LogP contribution in [0.1, 0.15) is 42.0 Å². The summed E-state index contributed by atoms with van der Waals surface area (Å²) in [6, 6.07) is 13.6. The van der Waals surface area contributed by atoms with Crippen LogP contribution < -0.4 is 0 Å². The van der Waals surface area contributed by atoms with Crippen molar-refractivity contribution in [3.8, 4) is 11.1 Å². The van der Waals surface area contributed by atoms with Crippen LogP contribution in [-0.2, 0) is 5.41 Å². The SMILES string of the molecule is Cc1ccc2c(c1)C(c1ncc(C)s1)(c1ncc(C)s1)c1cc(C)ccc1-2. The van der Waals surface area contributed by atoms with E-state index in [1.807, 2.05) is 12.4 Å². The maximum Gasteiger partial charge on any atom is 0.125 e. The van der Waals surface area contributed by atoms with Crippen LogP contribution in [0.15, 0.2) is 48.8 Å². The Hall–Kier alpha value is -2.30. The Morgan fingerprint density at radius 3 is 1.48 bits per heavy atom. The molecule has 0 unspecified atom stereocenters. The minimum atomic E-state index is -0.416. The summed E-state index contributed by atoms with van der Waals surface area (Å²) in [5.41, 5.74) is 7.35. The summed E-state index contributed by atoms with van der Waals surface area (Å²) < 4.78 is 0. The lowest BCUT2D eigenvalue weighted by molar-refractivity contribution is 0.748. The number of aryl methyl sites for hydroxylation is 4. The largest absolute Gasteiger partial charge is 0.248 e. The van der Waals surface area contributed by atoms with E-state index < -0.39 is 5.41 Å². The number of nitrogens with zero attached hydrogens (tertiary/aromatic N) is 2. The van der Waals surface area contributed by atoms with E-state index >= 15 is 0 Å². The standard InChI is InChI=1S/C23H20N2S2/c1-13-5-7-17-18-8-6-14(2)10-20(18)23(19(17)9-13,21-24-11-15(3)26-21)22-25-12-16(4)27-22/h5-12H,1-4H3. The third-order valence-electron chi connectivity index (χ3n) is 5.33. The van der Waals surface area contributed by atoms with Crippen molar-refractivity contribution in [3.05, 3.63) is 90.8 Å². The minimum absolute atomic E-state index is 0.416. The number of benzene rings is 2. The van der Waals surface area contributed by atoms with Gasteiger partial charge in [0.05, 0.1) is 0 Å². The van der Waals surface area contributed by atoms with Crippen molar-refractivity contribution in [3.63, 3.8) is 0 Å². The van der Waals surface area contributed by atoms with Gasteiger partial charge in [0, 0.05) is 22.1 Å². The second-order valence-electron chi connectivity index (χ2n) is 7.40. The number of hydrogen-bond donors (Lipinski definition) is 0. The van der Waals surface area contributed by atoms with Gasteiger partial charge in [0.15, 0.2) is 0 Å². The van der Waals surface area contributed by atoms with Gasteiger partial charge in [-0.1, -0.05) is 47.5 Å². The van der Waals surface area contributed by atoms with Gasteiger partial charge in [-0.25, -0.2) is 9.97 Å². The van der Waals surface area contributed by atoms with Gasteiger partial charge in [-0.05, 0) is 49.9 Å². The van der Waals surface area contributed by atoms with Crippen molar-refractivity contribution in [1.29, 1.82) is 0 Å². The third-order valence-corrected chi connectivity index (χ3v) is 7.40. The Morgan fingerprint density at radius 1 is 0.667 bits per heavy atom. The molecule has 1 aliphatic rings. The van der Waals surface area contributed by atoms with Crippen molar-refractivity contribution in [2.45, 2.75) is 33.1 Å². The van der Waals surface area contributed by atoms with Crippen LogP contribution in [-0.4, -0.2) is 9.97 Å². The summed E-state index contributed by atoms with van der Waals surface area (Å²) in [7, 11) is 0. The summed E-state index contributed by atoms with van der Waals surface area (Å²) in [4.78, 5) is 12.3. The van der Waals surface area contributed by atoms with E-state index in [0.29, 0.717) is 0 Å². The number of thiazole rings is 2. The quantitative estimate of drug-likeness (QED) is 0.360. The van der Waals surface area contributed by atoms with Gasteiger partial charge in [0.1, 0.15) is 15.4 Å². The molecule has 2 nitrogen and oxygen atoms in total. The van der Waals surface area contributed by atoms with E-state index in [0.717, 1.165) is 10.0 Å². The summed E-state index contributed by atoms with van der Waals surface area (Å²) in [5, 5.41) is 2.23. The second-order valence-corrected chi connectivity index (χ2v) is 9.87. The van der Waals surface area contributed by atoms with Crippen molar-refractivity contribution in [2.24, 2.45) is 0 Å². The summed E-state index contributed by atoms with van der Waals surface area (Å²) >= 11 is 3.56. The zero-order chi connectivity index (χ0) is 18.8. The van der Waals surface area contributed by atoms with Gasteiger partial charge in [-0.3, -0.25) is 0 Å². The lowest BCUT2D eigenvalue weighted by Crippen LogP contribution is -2.28. The highest BCUT2D eigenvalue weighted by atomic mass is 32.1. The lowest BCUT2D eigenvalue weighted by atomic mass is 9.78. The molecule has 0 bridgehead atoms. The predicted octanol–water partition coefficient (Wildman–Crippen LogP) is 6.20. The highest BCUT2D eigenvalue weighted by molar-refractivity contribution is 7.13. The van der Waals surface area contributed by atoms with Crippen LogP contribution in [0.2, 0.25) is 0 Å². The molecule has 27 heavy (non-hydrogen) atoms. The molecular formula is C23H20N2S2. The van der Waals surface area contributed by atoms with Crippen LogP contribution >= 0.6 is 22.7 Å². The average Bonchev–Trinajstić information content (AvgIpc) is 3.31. The molecule has 0 atom stereocenters. The van der Waals surface area contributed by atoms with Gasteiger partial charge in [-0.2, -0.15) is 0 Å². The van der Waals surface area contributed by atoms with Gasteiger partial charge < -0.3 is 0 Å². The van der Waals surface area contributed by atoms with Crippen molar-refractivity contribution in [1.82, 2.24) is 9.97 Å². The lowest BCUT2D eigenvalue weighted by Gasteiger charge is -2.28. The first-order valence-electron chi connectivity index (χ1n) is 9.08. The summed E-state index contributed by atoms with van der Waals surface area (Å²) in [5.74, 6) is 0. The van der Waals surface area contributed by atoms with Crippen molar-refractivity contribution in [2.75, 3.05) is 0 Å². The third kappa shape index (κ3) is 2.30. The molecule has 2 aromatic carbocycles. The summed E-state index contributed by atoms with van der Waals surface area (Å²) in [6.07, 6.45) is 3.98. The van der Waals surface area contributed by atoms with E-state index in [9.17, 15) is 0 Å². The van der Waals surface area contributed by atoms with Crippen LogP contribution in [0, 0.1) is 27.7 Å². The molecule has 0 aliphatic heterocycles. The number of aromatic nitrogens is 2. The average molecular weight is 389 g/mol. The Balaban J connectivity index is 1.99. The van der Waals surface area contributed by atoms with E-state index in [-0.39, 0.29) is 0 Å². The van der Waals surface area contributed by atoms with Crippen LogP contribution in [0.25, 0.3) is 11.1 Å². The minimum Gasteiger partial charge on any atom is -0.248 e. The van der Waals surface area contributed by atoms with Crippen LogP contribution in [0.4, 0.5) is 0 Å². The fourth-order valence-corrected chi connectivity index (χ4v) is 6.20. The first-order valence-corrected chi connectivity index (χ1v) is 10.7. The molecule has 134 valence electrons. The van der Waals surface area contributed by atoms with E-state index in [1.54, 1.807) is 22.7 Å². The molecule has 0 spiro atoms. The highest BCUT2D eigenvalue weighted by Gasteiger charge is 2.50. The molecule has 0 amide bonds. The number of hydrogen-bond acceptors (Lipinski definition) is 4. The fourth-order valence-electron chi connectivity index (χ4n) is 4.16. The Morgan fingerprint density at radius 2 is 1.11 bits per heavy atom. The van der Waals surface area contributed by atoms with Gasteiger partial charge >= 0.3 is 0 Å². The molecule has 5 rings (SSSR count). The molecule has 0 N–H and O–H groups in total. The van der Waals surface area contributed by atoms with Gasteiger partial charge in [0.2, 0.25) is 0 Å². The van der Waals surface area contributed by atoms with Crippen LogP contribution in [0.3, 0.4) is 0 Å². The first kappa shape index (κ1) is 16.8. The Bertz CT molecular complexity index is 1090. The topological polar surface area (TPSA) is 25.8 Å².